The summed E-state index contributed by atoms with van der Waals surface area (Å²) in [6.07, 6.45) is 1.41. The summed E-state index contributed by atoms with van der Waals surface area (Å²) < 4.78 is 16.1. The highest BCUT2D eigenvalue weighted by Gasteiger charge is 2.34. The van der Waals surface area contributed by atoms with E-state index in [1.807, 2.05) is 27.7 Å². The number of carbonyl (C=O) groups is 2. The van der Waals surface area contributed by atoms with Crippen molar-refractivity contribution >= 4 is 17.6 Å². The highest BCUT2D eigenvalue weighted by molar-refractivity contribution is 5.99. The van der Waals surface area contributed by atoms with Gasteiger partial charge in [-0.15, -0.1) is 0 Å². The van der Waals surface area contributed by atoms with Crippen LogP contribution in [0.15, 0.2) is 18.2 Å². The van der Waals surface area contributed by atoms with Gasteiger partial charge < -0.3 is 19.5 Å². The zero-order chi connectivity index (χ0) is 19.7. The van der Waals surface area contributed by atoms with Gasteiger partial charge in [-0.25, -0.2) is 4.79 Å². The summed E-state index contributed by atoms with van der Waals surface area (Å²) in [6, 6.07) is 4.94. The molecule has 0 saturated heterocycles. The van der Waals surface area contributed by atoms with E-state index in [1.165, 1.54) is 7.11 Å². The number of hydrogen-bond acceptors (Lipinski definition) is 5. The molecule has 146 valence electrons. The second-order valence-electron chi connectivity index (χ2n) is 6.77. The van der Waals surface area contributed by atoms with Gasteiger partial charge in [0.2, 0.25) is 0 Å². The van der Waals surface area contributed by atoms with Crippen molar-refractivity contribution in [1.29, 1.82) is 0 Å². The molecule has 1 atom stereocenters. The van der Waals surface area contributed by atoms with Gasteiger partial charge in [-0.1, -0.05) is 20.8 Å². The van der Waals surface area contributed by atoms with E-state index in [0.717, 1.165) is 6.42 Å². The average Bonchev–Trinajstić information content (AvgIpc) is 2.59. The molecular weight excluding hydrogens is 334 g/mol. The number of rotatable bonds is 10. The molecule has 0 saturated carbocycles. The van der Waals surface area contributed by atoms with E-state index in [1.54, 1.807) is 25.1 Å². The zero-order valence-electron chi connectivity index (χ0n) is 16.7. The van der Waals surface area contributed by atoms with E-state index in [2.05, 4.69) is 5.32 Å². The molecule has 0 unspecified atom stereocenters. The lowest BCUT2D eigenvalue weighted by atomic mass is 9.93. The average molecular weight is 365 g/mol. The number of amides is 1. The molecule has 0 heterocycles. The number of esters is 1. The Morgan fingerprint density at radius 1 is 1.23 bits per heavy atom. The maximum atomic E-state index is 12.8. The lowest BCUT2D eigenvalue weighted by Crippen LogP contribution is -2.44. The quantitative estimate of drug-likeness (QED) is 0.633. The number of carbonyl (C=O) groups excluding carboxylic acids is 2. The molecule has 1 amide bonds. The van der Waals surface area contributed by atoms with Crippen molar-refractivity contribution in [3.63, 3.8) is 0 Å². The Labute approximate surface area is 156 Å². The highest BCUT2D eigenvalue weighted by Crippen LogP contribution is 2.27. The monoisotopic (exact) mass is 365 g/mol. The van der Waals surface area contributed by atoms with Crippen LogP contribution in [0.4, 0.5) is 5.69 Å². The van der Waals surface area contributed by atoms with Crippen LogP contribution in [-0.2, 0) is 14.3 Å². The summed E-state index contributed by atoms with van der Waals surface area (Å²) in [4.78, 5) is 24.8. The molecule has 6 heteroatoms. The van der Waals surface area contributed by atoms with Crippen molar-refractivity contribution < 1.29 is 23.8 Å². The number of ether oxygens (including phenoxy) is 3. The summed E-state index contributed by atoms with van der Waals surface area (Å²) in [6.45, 7) is 10.6. The molecule has 6 nitrogen and oxygen atoms in total. The predicted octanol–water partition coefficient (Wildman–Crippen LogP) is 4.04. The molecule has 0 aliphatic rings. The lowest BCUT2D eigenvalue weighted by Gasteiger charge is -2.30. The standard InChI is InChI=1S/C20H31NO5/c1-7-11-25-17-10-9-15(12-16(17)18(22)24-6)21-19(23)20(5,26-8-2)13-14(3)4/h9-10,12,14H,7-8,11,13H2,1-6H3,(H,21,23)/t20-/m1/s1. The highest BCUT2D eigenvalue weighted by atomic mass is 16.5. The van der Waals surface area contributed by atoms with Gasteiger partial charge in [-0.05, 0) is 50.8 Å². The number of nitrogens with one attached hydrogen (secondary N) is 1. The normalized spacial score (nSPS) is 13.2. The second-order valence-corrected chi connectivity index (χ2v) is 6.77. The molecule has 0 aromatic heterocycles. The first kappa shape index (κ1) is 22.0. The minimum atomic E-state index is -0.939. The second kappa shape index (κ2) is 10.2. The summed E-state index contributed by atoms with van der Waals surface area (Å²) in [7, 11) is 1.31. The van der Waals surface area contributed by atoms with E-state index in [-0.39, 0.29) is 11.5 Å². The van der Waals surface area contributed by atoms with E-state index in [0.29, 0.717) is 37.0 Å². The van der Waals surface area contributed by atoms with Crippen molar-refractivity contribution in [3.8, 4) is 5.75 Å². The fourth-order valence-corrected chi connectivity index (χ4v) is 2.79. The summed E-state index contributed by atoms with van der Waals surface area (Å²) in [5.74, 6) is -0.0211. The molecule has 0 radical (unpaired) electrons. The van der Waals surface area contributed by atoms with Crippen molar-refractivity contribution in [2.75, 3.05) is 25.6 Å². The number of methoxy groups -OCH3 is 1. The van der Waals surface area contributed by atoms with Gasteiger partial charge in [-0.2, -0.15) is 0 Å². The van der Waals surface area contributed by atoms with Crippen LogP contribution in [0.1, 0.15) is 57.8 Å². The van der Waals surface area contributed by atoms with Gasteiger partial charge in [0.15, 0.2) is 0 Å². The minimum Gasteiger partial charge on any atom is -0.493 e. The molecule has 1 rings (SSSR count). The SMILES string of the molecule is CCCOc1ccc(NC(=O)[C@@](C)(CC(C)C)OCC)cc1C(=O)OC. The zero-order valence-corrected chi connectivity index (χ0v) is 16.7. The van der Waals surface area contributed by atoms with Crippen molar-refractivity contribution in [2.24, 2.45) is 5.92 Å². The minimum absolute atomic E-state index is 0.244. The molecule has 1 aromatic rings. The first-order valence-electron chi connectivity index (χ1n) is 9.07. The number of anilines is 1. The van der Waals surface area contributed by atoms with E-state index in [4.69, 9.17) is 14.2 Å². The van der Waals surface area contributed by atoms with Crippen LogP contribution in [0, 0.1) is 5.92 Å². The summed E-state index contributed by atoms with van der Waals surface area (Å²) in [5.41, 5.74) is -0.166. The van der Waals surface area contributed by atoms with E-state index in [9.17, 15) is 9.59 Å². The molecule has 0 fully saturated rings. The molecular formula is C20H31NO5. The maximum Gasteiger partial charge on any atom is 0.341 e. The van der Waals surface area contributed by atoms with Gasteiger partial charge in [0.1, 0.15) is 16.9 Å². The van der Waals surface area contributed by atoms with Crippen LogP contribution < -0.4 is 10.1 Å². The van der Waals surface area contributed by atoms with Crippen LogP contribution in [0.5, 0.6) is 5.75 Å². The van der Waals surface area contributed by atoms with Gasteiger partial charge in [-0.3, -0.25) is 4.79 Å². The van der Waals surface area contributed by atoms with Crippen LogP contribution in [0.25, 0.3) is 0 Å². The first-order chi connectivity index (χ1) is 12.3. The molecule has 0 spiro atoms. The van der Waals surface area contributed by atoms with Gasteiger partial charge in [0.05, 0.1) is 13.7 Å². The summed E-state index contributed by atoms with van der Waals surface area (Å²) in [5, 5.41) is 2.85. The van der Waals surface area contributed by atoms with Crippen LogP contribution in [0.3, 0.4) is 0 Å². The Morgan fingerprint density at radius 3 is 2.46 bits per heavy atom. The Morgan fingerprint density at radius 2 is 1.92 bits per heavy atom. The van der Waals surface area contributed by atoms with Crippen molar-refractivity contribution in [1.82, 2.24) is 0 Å². The Kier molecular flexibility index (Phi) is 8.58. The molecule has 1 aromatic carbocycles. The third-order valence-corrected chi connectivity index (χ3v) is 3.85. The van der Waals surface area contributed by atoms with Crippen LogP contribution >= 0.6 is 0 Å². The first-order valence-corrected chi connectivity index (χ1v) is 9.07. The fraction of sp³-hybridized carbons (Fsp3) is 0.600. The Hall–Kier alpha value is -2.08. The molecule has 0 bridgehead atoms. The fourth-order valence-electron chi connectivity index (χ4n) is 2.79. The maximum absolute atomic E-state index is 12.8. The summed E-state index contributed by atoms with van der Waals surface area (Å²) >= 11 is 0. The van der Waals surface area contributed by atoms with Gasteiger partial charge in [0, 0.05) is 12.3 Å². The third-order valence-electron chi connectivity index (χ3n) is 3.85. The molecule has 0 aliphatic heterocycles. The molecule has 26 heavy (non-hydrogen) atoms. The lowest BCUT2D eigenvalue weighted by molar-refractivity contribution is -0.140. The topological polar surface area (TPSA) is 73.9 Å². The van der Waals surface area contributed by atoms with Crippen molar-refractivity contribution in [3.05, 3.63) is 23.8 Å². The Balaban J connectivity index is 3.07. The predicted molar refractivity (Wildman–Crippen MR) is 102 cm³/mol. The largest absolute Gasteiger partial charge is 0.493 e. The third kappa shape index (κ3) is 6.02. The number of hydrogen-bond donors (Lipinski definition) is 1. The van der Waals surface area contributed by atoms with Gasteiger partial charge in [0.25, 0.3) is 5.91 Å². The smallest absolute Gasteiger partial charge is 0.341 e. The van der Waals surface area contributed by atoms with Crippen LogP contribution in [0.2, 0.25) is 0 Å². The molecule has 0 aliphatic carbocycles. The number of benzene rings is 1. The van der Waals surface area contributed by atoms with Gasteiger partial charge >= 0.3 is 5.97 Å². The van der Waals surface area contributed by atoms with E-state index < -0.39 is 11.6 Å². The van der Waals surface area contributed by atoms with Crippen molar-refractivity contribution in [2.45, 2.75) is 53.1 Å². The Bertz CT molecular complexity index is 614. The molecule has 1 N–H and O–H groups in total. The van der Waals surface area contributed by atoms with Crippen LogP contribution in [-0.4, -0.2) is 37.8 Å². The van der Waals surface area contributed by atoms with E-state index >= 15 is 0 Å².